The highest BCUT2D eigenvalue weighted by molar-refractivity contribution is 4.86. The molecule has 0 aromatic rings. The van der Waals surface area contributed by atoms with Gasteiger partial charge in [0, 0.05) is 12.5 Å². The van der Waals surface area contributed by atoms with Gasteiger partial charge in [-0.15, -0.1) is 0 Å². The second kappa shape index (κ2) is 3.55. The summed E-state index contributed by atoms with van der Waals surface area (Å²) >= 11 is 0. The van der Waals surface area contributed by atoms with Crippen molar-refractivity contribution in [3.63, 3.8) is 0 Å². The van der Waals surface area contributed by atoms with Crippen molar-refractivity contribution >= 4 is 0 Å². The Kier molecular flexibility index (Phi) is 3.29. The van der Waals surface area contributed by atoms with Crippen LogP contribution in [-0.2, 0) is 0 Å². The van der Waals surface area contributed by atoms with Crippen molar-refractivity contribution in [1.82, 2.24) is 5.32 Å². The van der Waals surface area contributed by atoms with Gasteiger partial charge in [-0.25, -0.2) is 8.78 Å². The van der Waals surface area contributed by atoms with Gasteiger partial charge in [-0.1, -0.05) is 6.58 Å². The molecule has 4 heteroatoms. The summed E-state index contributed by atoms with van der Waals surface area (Å²) in [4.78, 5) is 0. The van der Waals surface area contributed by atoms with Crippen molar-refractivity contribution in [1.29, 1.82) is 0 Å². The molecule has 0 saturated heterocycles. The lowest BCUT2D eigenvalue weighted by atomic mass is 10.1. The predicted octanol–water partition coefficient (Wildman–Crippen LogP) is 1.44. The molecule has 0 bridgehead atoms. The third-order valence-electron chi connectivity index (χ3n) is 1.10. The number of nitrogens with two attached hydrogens (primary N) is 1. The first-order valence-electron chi connectivity index (χ1n) is 3.40. The first-order chi connectivity index (χ1) is 4.81. The molecular weight excluding hydrogens is 150 g/mol. The van der Waals surface area contributed by atoms with Crippen molar-refractivity contribution in [2.45, 2.75) is 32.2 Å². The standard InChI is InChI=1S/C7H14F2N2/c1-5(11-6(2)10)4-7(3,8)9/h5,11H,2,4,10H2,1,3H3/t5-/m0/s1. The molecule has 66 valence electrons. The Hall–Kier alpha value is -0.800. The Morgan fingerprint density at radius 3 is 2.45 bits per heavy atom. The normalized spacial score (nSPS) is 14.2. The van der Waals surface area contributed by atoms with Gasteiger partial charge >= 0.3 is 0 Å². The smallest absolute Gasteiger partial charge is 0.247 e. The van der Waals surface area contributed by atoms with E-state index < -0.39 is 5.92 Å². The minimum atomic E-state index is -2.65. The predicted molar refractivity (Wildman–Crippen MR) is 41.2 cm³/mol. The summed E-state index contributed by atoms with van der Waals surface area (Å²) in [5, 5.41) is 2.60. The molecule has 3 N–H and O–H groups in total. The zero-order chi connectivity index (χ0) is 9.07. The quantitative estimate of drug-likeness (QED) is 0.659. The molecule has 0 aliphatic carbocycles. The fourth-order valence-corrected chi connectivity index (χ4v) is 0.905. The molecule has 0 aromatic carbocycles. The number of alkyl halides is 2. The SMILES string of the molecule is C=C(N)N[C@@H](C)CC(C)(F)F. The van der Waals surface area contributed by atoms with Gasteiger partial charge in [0.2, 0.25) is 5.92 Å². The molecule has 2 nitrogen and oxygen atoms in total. The van der Waals surface area contributed by atoms with Crippen LogP contribution >= 0.6 is 0 Å². The average Bonchev–Trinajstić information content (AvgIpc) is 1.53. The van der Waals surface area contributed by atoms with E-state index in [9.17, 15) is 8.78 Å². The minimum absolute atomic E-state index is 0.224. The van der Waals surface area contributed by atoms with E-state index in [4.69, 9.17) is 5.73 Å². The summed E-state index contributed by atoms with van der Waals surface area (Å²) < 4.78 is 24.6. The number of hydrogen-bond donors (Lipinski definition) is 2. The molecule has 0 heterocycles. The van der Waals surface area contributed by atoms with Crippen molar-refractivity contribution in [2.24, 2.45) is 5.73 Å². The maximum Gasteiger partial charge on any atom is 0.247 e. The van der Waals surface area contributed by atoms with E-state index in [1.54, 1.807) is 6.92 Å². The van der Waals surface area contributed by atoms with Gasteiger partial charge in [0.1, 0.15) is 0 Å². The molecule has 0 aliphatic heterocycles. The summed E-state index contributed by atoms with van der Waals surface area (Å²) in [6.45, 7) is 5.86. The summed E-state index contributed by atoms with van der Waals surface area (Å²) in [5.41, 5.74) is 5.16. The van der Waals surface area contributed by atoms with Crippen molar-refractivity contribution in [3.05, 3.63) is 12.4 Å². The van der Waals surface area contributed by atoms with Crippen LogP contribution in [0.3, 0.4) is 0 Å². The van der Waals surface area contributed by atoms with Crippen molar-refractivity contribution in [3.8, 4) is 0 Å². The second-order valence-corrected chi connectivity index (χ2v) is 2.84. The van der Waals surface area contributed by atoms with Crippen LogP contribution in [-0.4, -0.2) is 12.0 Å². The van der Waals surface area contributed by atoms with Crippen LogP contribution in [0.2, 0.25) is 0 Å². The van der Waals surface area contributed by atoms with Gasteiger partial charge < -0.3 is 11.1 Å². The van der Waals surface area contributed by atoms with Crippen LogP contribution in [0.1, 0.15) is 20.3 Å². The maximum atomic E-state index is 12.3. The van der Waals surface area contributed by atoms with Gasteiger partial charge in [0.25, 0.3) is 0 Å². The summed E-state index contributed by atoms with van der Waals surface area (Å²) in [6.07, 6.45) is -0.233. The Morgan fingerprint density at radius 1 is 1.73 bits per heavy atom. The Bertz CT molecular complexity index is 140. The highest BCUT2D eigenvalue weighted by Crippen LogP contribution is 2.18. The highest BCUT2D eigenvalue weighted by atomic mass is 19.3. The van der Waals surface area contributed by atoms with Crippen LogP contribution in [0.4, 0.5) is 8.78 Å². The summed E-state index contributed by atoms with van der Waals surface area (Å²) in [7, 11) is 0. The van der Waals surface area contributed by atoms with Crippen LogP contribution in [0.5, 0.6) is 0 Å². The molecule has 0 rings (SSSR count). The molecule has 0 radical (unpaired) electrons. The van der Waals surface area contributed by atoms with Crippen molar-refractivity contribution in [2.75, 3.05) is 0 Å². The fourth-order valence-electron chi connectivity index (χ4n) is 0.905. The van der Waals surface area contributed by atoms with Gasteiger partial charge in [0.15, 0.2) is 0 Å². The van der Waals surface area contributed by atoms with Crippen LogP contribution < -0.4 is 11.1 Å². The van der Waals surface area contributed by atoms with Crippen LogP contribution in [0.25, 0.3) is 0 Å². The average molecular weight is 164 g/mol. The zero-order valence-corrected chi connectivity index (χ0v) is 6.82. The van der Waals surface area contributed by atoms with Gasteiger partial charge in [-0.05, 0) is 13.8 Å². The zero-order valence-electron chi connectivity index (χ0n) is 6.82. The summed E-state index contributed by atoms with van der Waals surface area (Å²) in [6, 6.07) is -0.340. The second-order valence-electron chi connectivity index (χ2n) is 2.84. The molecule has 0 spiro atoms. The molecule has 0 unspecified atom stereocenters. The largest absolute Gasteiger partial charge is 0.386 e. The van der Waals surface area contributed by atoms with E-state index in [1.165, 1.54) is 0 Å². The third kappa shape index (κ3) is 7.09. The number of nitrogens with one attached hydrogen (secondary N) is 1. The van der Waals surface area contributed by atoms with Gasteiger partial charge in [-0.2, -0.15) is 0 Å². The minimum Gasteiger partial charge on any atom is -0.386 e. The Balaban J connectivity index is 3.69. The number of halogens is 2. The van der Waals surface area contributed by atoms with E-state index >= 15 is 0 Å². The fraction of sp³-hybridized carbons (Fsp3) is 0.714. The topological polar surface area (TPSA) is 38.0 Å². The van der Waals surface area contributed by atoms with E-state index in [1.807, 2.05) is 0 Å². The molecule has 11 heavy (non-hydrogen) atoms. The lowest BCUT2D eigenvalue weighted by Gasteiger charge is -2.18. The summed E-state index contributed by atoms with van der Waals surface area (Å²) in [5.74, 6) is -2.43. The lowest BCUT2D eigenvalue weighted by molar-refractivity contribution is 0.00544. The molecular formula is C7H14F2N2. The van der Waals surface area contributed by atoms with E-state index in [0.717, 1.165) is 6.92 Å². The van der Waals surface area contributed by atoms with Gasteiger partial charge in [-0.3, -0.25) is 0 Å². The lowest BCUT2D eigenvalue weighted by Crippen LogP contribution is -2.33. The molecule has 0 saturated carbocycles. The molecule has 1 atom stereocenters. The van der Waals surface area contributed by atoms with Crippen molar-refractivity contribution < 1.29 is 8.78 Å². The first-order valence-corrected chi connectivity index (χ1v) is 3.40. The Labute approximate surface area is 65.5 Å². The molecule has 0 fully saturated rings. The number of hydrogen-bond acceptors (Lipinski definition) is 2. The van der Waals surface area contributed by atoms with Crippen LogP contribution in [0.15, 0.2) is 12.4 Å². The highest BCUT2D eigenvalue weighted by Gasteiger charge is 2.24. The van der Waals surface area contributed by atoms with Gasteiger partial charge in [0.05, 0.1) is 5.82 Å². The first kappa shape index (κ1) is 10.2. The maximum absolute atomic E-state index is 12.3. The third-order valence-corrected chi connectivity index (χ3v) is 1.10. The van der Waals surface area contributed by atoms with Crippen LogP contribution in [0, 0.1) is 0 Å². The van der Waals surface area contributed by atoms with E-state index in [0.29, 0.717) is 0 Å². The van der Waals surface area contributed by atoms with E-state index in [-0.39, 0.29) is 18.3 Å². The van der Waals surface area contributed by atoms with E-state index in [2.05, 4.69) is 11.9 Å². The monoisotopic (exact) mass is 164 g/mol. The number of rotatable bonds is 4. The Morgan fingerprint density at radius 2 is 2.18 bits per heavy atom. The molecule has 0 amide bonds. The molecule has 0 aliphatic rings. The molecule has 0 aromatic heterocycles.